The first-order valence-corrected chi connectivity index (χ1v) is 14.2. The fourth-order valence-corrected chi connectivity index (χ4v) is 5.96. The van der Waals surface area contributed by atoms with Crippen molar-refractivity contribution in [1.82, 2.24) is 4.90 Å². The van der Waals surface area contributed by atoms with E-state index in [1.54, 1.807) is 6.07 Å². The zero-order valence-corrected chi connectivity index (χ0v) is 22.8. The van der Waals surface area contributed by atoms with Crippen LogP contribution < -0.4 is 9.47 Å². The second-order valence-corrected chi connectivity index (χ2v) is 10.5. The number of carbonyl (C=O) groups excluding carboxylic acids is 1. The van der Waals surface area contributed by atoms with E-state index in [-0.39, 0.29) is 18.6 Å². The molecule has 2 aliphatic rings. The summed E-state index contributed by atoms with van der Waals surface area (Å²) in [5.41, 5.74) is 3.09. The number of hydrogen-bond donors (Lipinski definition) is 0. The van der Waals surface area contributed by atoms with Crippen molar-refractivity contribution in [2.45, 2.75) is 51.7 Å². The fraction of sp³-hybridized carbons (Fsp3) is 0.281. The SMILES string of the molecule is CCOc1cc(/C=C2/SC(=Nc3ccccc3)N(C3CCCCC3)C2=O)ccc1OCc1ccccc1C#N. The molecule has 39 heavy (non-hydrogen) atoms. The number of ether oxygens (including phenoxy) is 2. The number of amides is 1. The van der Waals surface area contributed by atoms with Crippen LogP contribution in [0.4, 0.5) is 5.69 Å². The summed E-state index contributed by atoms with van der Waals surface area (Å²) in [4.78, 5) is 21.1. The molecule has 7 heteroatoms. The molecule has 0 atom stereocenters. The number of thioether (sulfide) groups is 1. The Morgan fingerprint density at radius 1 is 1.00 bits per heavy atom. The number of amidine groups is 1. The van der Waals surface area contributed by atoms with Crippen LogP contribution >= 0.6 is 11.8 Å². The molecule has 0 spiro atoms. The van der Waals surface area contributed by atoms with Gasteiger partial charge in [0.15, 0.2) is 16.7 Å². The molecular weight excluding hydrogens is 506 g/mol. The minimum atomic E-state index is 0.00739. The van der Waals surface area contributed by atoms with Gasteiger partial charge in [0.25, 0.3) is 5.91 Å². The third-order valence-corrected chi connectivity index (χ3v) is 7.83. The van der Waals surface area contributed by atoms with Gasteiger partial charge in [0.2, 0.25) is 0 Å². The minimum Gasteiger partial charge on any atom is -0.490 e. The molecule has 0 N–H and O–H groups in total. The lowest BCUT2D eigenvalue weighted by atomic mass is 9.94. The van der Waals surface area contributed by atoms with Crippen molar-refractivity contribution in [3.05, 3.63) is 94.4 Å². The maximum Gasteiger partial charge on any atom is 0.267 e. The Morgan fingerprint density at radius 3 is 2.54 bits per heavy atom. The first kappa shape index (κ1) is 26.6. The van der Waals surface area contributed by atoms with Crippen molar-refractivity contribution in [3.8, 4) is 17.6 Å². The summed E-state index contributed by atoms with van der Waals surface area (Å²) in [6.45, 7) is 2.65. The fourth-order valence-electron chi connectivity index (χ4n) is 4.90. The topological polar surface area (TPSA) is 74.9 Å². The predicted octanol–water partition coefficient (Wildman–Crippen LogP) is 7.47. The summed E-state index contributed by atoms with van der Waals surface area (Å²) >= 11 is 1.43. The van der Waals surface area contributed by atoms with Gasteiger partial charge < -0.3 is 9.47 Å². The smallest absolute Gasteiger partial charge is 0.267 e. The molecule has 1 aliphatic heterocycles. The molecule has 1 amide bonds. The molecule has 198 valence electrons. The zero-order chi connectivity index (χ0) is 27.0. The third-order valence-electron chi connectivity index (χ3n) is 6.84. The van der Waals surface area contributed by atoms with E-state index in [1.165, 1.54) is 18.2 Å². The maximum atomic E-state index is 13.7. The number of benzene rings is 3. The molecular formula is C32H31N3O3S. The van der Waals surface area contributed by atoms with Crippen LogP contribution in [0.2, 0.25) is 0 Å². The van der Waals surface area contributed by atoms with Gasteiger partial charge >= 0.3 is 0 Å². The van der Waals surface area contributed by atoms with Crippen LogP contribution in [0.15, 0.2) is 82.7 Å². The molecule has 1 aliphatic carbocycles. The van der Waals surface area contributed by atoms with Crippen LogP contribution in [-0.2, 0) is 11.4 Å². The molecule has 5 rings (SSSR count). The van der Waals surface area contributed by atoms with E-state index in [4.69, 9.17) is 14.5 Å². The van der Waals surface area contributed by atoms with E-state index < -0.39 is 0 Å². The van der Waals surface area contributed by atoms with E-state index in [1.807, 2.05) is 84.6 Å². The number of carbonyl (C=O) groups is 1. The van der Waals surface area contributed by atoms with Crippen LogP contribution in [0.3, 0.4) is 0 Å². The zero-order valence-electron chi connectivity index (χ0n) is 22.0. The van der Waals surface area contributed by atoms with Crippen molar-refractivity contribution in [2.75, 3.05) is 6.61 Å². The highest BCUT2D eigenvalue weighted by molar-refractivity contribution is 8.18. The first-order chi connectivity index (χ1) is 19.2. The molecule has 6 nitrogen and oxygen atoms in total. The Bertz CT molecular complexity index is 1420. The van der Waals surface area contributed by atoms with Gasteiger partial charge in [-0.15, -0.1) is 0 Å². The highest BCUT2D eigenvalue weighted by Gasteiger charge is 2.38. The van der Waals surface area contributed by atoms with E-state index in [9.17, 15) is 10.1 Å². The summed E-state index contributed by atoms with van der Waals surface area (Å²) in [5, 5.41) is 10.1. The molecule has 3 aromatic carbocycles. The van der Waals surface area contributed by atoms with Gasteiger partial charge in [-0.2, -0.15) is 5.26 Å². The van der Waals surface area contributed by atoms with Gasteiger partial charge in [-0.3, -0.25) is 9.69 Å². The quantitative estimate of drug-likeness (QED) is 0.279. The summed E-state index contributed by atoms with van der Waals surface area (Å²) < 4.78 is 11.9. The van der Waals surface area contributed by atoms with E-state index >= 15 is 0 Å². The largest absolute Gasteiger partial charge is 0.490 e. The van der Waals surface area contributed by atoms with E-state index in [2.05, 4.69) is 6.07 Å². The van der Waals surface area contributed by atoms with Gasteiger partial charge in [-0.05, 0) is 73.5 Å². The average Bonchev–Trinajstić information content (AvgIpc) is 3.27. The molecule has 0 bridgehead atoms. The molecule has 2 fully saturated rings. The Kier molecular flexibility index (Phi) is 8.65. The maximum absolute atomic E-state index is 13.7. The number of para-hydroxylation sites is 1. The van der Waals surface area contributed by atoms with Gasteiger partial charge in [0.1, 0.15) is 6.61 Å². The van der Waals surface area contributed by atoms with Crippen LogP contribution in [0.25, 0.3) is 6.08 Å². The summed E-state index contributed by atoms with van der Waals surface area (Å²) in [5.74, 6) is 1.19. The summed E-state index contributed by atoms with van der Waals surface area (Å²) in [6.07, 6.45) is 7.40. The molecule has 1 saturated heterocycles. The highest BCUT2D eigenvalue weighted by atomic mass is 32.2. The lowest BCUT2D eigenvalue weighted by molar-refractivity contribution is -0.124. The molecule has 1 saturated carbocycles. The van der Waals surface area contributed by atoms with Gasteiger partial charge in [0, 0.05) is 11.6 Å². The van der Waals surface area contributed by atoms with Crippen LogP contribution in [-0.4, -0.2) is 28.6 Å². The second kappa shape index (κ2) is 12.7. The third kappa shape index (κ3) is 6.35. The Hall–Kier alpha value is -4.02. The van der Waals surface area contributed by atoms with E-state index in [0.717, 1.165) is 47.7 Å². The second-order valence-electron chi connectivity index (χ2n) is 9.50. The van der Waals surface area contributed by atoms with Crippen molar-refractivity contribution >= 4 is 34.6 Å². The monoisotopic (exact) mass is 537 g/mol. The molecule has 0 unspecified atom stereocenters. The van der Waals surface area contributed by atoms with Crippen LogP contribution in [0, 0.1) is 11.3 Å². The Balaban J connectivity index is 1.41. The minimum absolute atomic E-state index is 0.00739. The van der Waals surface area contributed by atoms with Gasteiger partial charge in [-0.25, -0.2) is 4.99 Å². The Labute approximate surface area is 234 Å². The number of aliphatic imine (C=N–C) groups is 1. The standard InChI is InChI=1S/C32H31N3O3S/c1-2-37-29-19-23(17-18-28(29)38-22-25-12-10-9-11-24(25)21-33)20-30-31(36)35(27-15-7-4-8-16-27)32(39-30)34-26-13-5-3-6-14-26/h3,5-6,9-14,17-20,27H,2,4,7-8,15-16,22H2,1H3/b30-20+,34-32?. The molecule has 0 aromatic heterocycles. The molecule has 0 radical (unpaired) electrons. The number of nitrogens with zero attached hydrogens (tertiary/aromatic N) is 3. The summed E-state index contributed by atoms with van der Waals surface area (Å²) in [6, 6.07) is 25.2. The highest BCUT2D eigenvalue weighted by Crippen LogP contribution is 2.39. The summed E-state index contributed by atoms with van der Waals surface area (Å²) in [7, 11) is 0. The Morgan fingerprint density at radius 2 is 1.77 bits per heavy atom. The van der Waals surface area contributed by atoms with Crippen molar-refractivity contribution in [3.63, 3.8) is 0 Å². The lowest BCUT2D eigenvalue weighted by Crippen LogP contribution is -2.40. The van der Waals surface area contributed by atoms with Gasteiger partial charge in [-0.1, -0.05) is 61.7 Å². The lowest BCUT2D eigenvalue weighted by Gasteiger charge is -2.30. The van der Waals surface area contributed by atoms with Crippen LogP contribution in [0.5, 0.6) is 11.5 Å². The first-order valence-electron chi connectivity index (χ1n) is 13.4. The predicted molar refractivity (Wildman–Crippen MR) is 156 cm³/mol. The van der Waals surface area contributed by atoms with Crippen molar-refractivity contribution in [1.29, 1.82) is 5.26 Å². The molecule has 3 aromatic rings. The van der Waals surface area contributed by atoms with E-state index in [0.29, 0.717) is 28.6 Å². The van der Waals surface area contributed by atoms with Crippen LogP contribution in [0.1, 0.15) is 55.7 Å². The van der Waals surface area contributed by atoms with Crippen molar-refractivity contribution < 1.29 is 14.3 Å². The molecule has 1 heterocycles. The number of nitriles is 1. The van der Waals surface area contributed by atoms with Crippen molar-refractivity contribution in [2.24, 2.45) is 4.99 Å². The normalized spacial score (nSPS) is 17.9. The number of rotatable bonds is 8. The van der Waals surface area contributed by atoms with Gasteiger partial charge in [0.05, 0.1) is 28.8 Å². The number of hydrogen-bond acceptors (Lipinski definition) is 6. The average molecular weight is 538 g/mol.